The predicted octanol–water partition coefficient (Wildman–Crippen LogP) is 3.30. The molecule has 0 bridgehead atoms. The number of anilines is 1. The first kappa shape index (κ1) is 32.1. The van der Waals surface area contributed by atoms with Crippen molar-refractivity contribution in [2.75, 3.05) is 25.4 Å². The molecule has 1 aliphatic heterocycles. The maximum absolute atomic E-state index is 14.0. The second-order valence-electron chi connectivity index (χ2n) is 10.6. The van der Waals surface area contributed by atoms with Crippen LogP contribution in [0.15, 0.2) is 12.1 Å². The largest absolute Gasteiger partial charge is 0.465 e. The Morgan fingerprint density at radius 1 is 1.16 bits per heavy atom. The van der Waals surface area contributed by atoms with E-state index in [-0.39, 0.29) is 55.1 Å². The SMILES string of the molecule is CCOC(=O)CN[C@H](CC1CCCCC1)C(=O)N1CCC[C@@H]2C[C@@]21C(=O)NCc1ccc(N)nc1C.Cl.Cl. The third kappa shape index (κ3) is 7.30. The summed E-state index contributed by atoms with van der Waals surface area (Å²) in [6.07, 6.45) is 9.03. The molecule has 9 nitrogen and oxygen atoms in total. The van der Waals surface area contributed by atoms with E-state index in [0.717, 1.165) is 36.9 Å². The minimum Gasteiger partial charge on any atom is -0.465 e. The van der Waals surface area contributed by atoms with Crippen molar-refractivity contribution in [2.24, 2.45) is 11.8 Å². The lowest BCUT2D eigenvalue weighted by molar-refractivity contribution is -0.147. The summed E-state index contributed by atoms with van der Waals surface area (Å²) in [7, 11) is 0. The van der Waals surface area contributed by atoms with E-state index in [9.17, 15) is 14.4 Å². The molecule has 1 aromatic heterocycles. The molecule has 3 fully saturated rings. The number of pyridine rings is 1. The van der Waals surface area contributed by atoms with Crippen LogP contribution in [0.3, 0.4) is 0 Å². The Kier molecular flexibility index (Phi) is 12.1. The van der Waals surface area contributed by atoms with E-state index >= 15 is 0 Å². The van der Waals surface area contributed by atoms with Gasteiger partial charge < -0.3 is 20.7 Å². The monoisotopic (exact) mass is 571 g/mol. The summed E-state index contributed by atoms with van der Waals surface area (Å²) in [5.74, 6) is 0.564. The molecule has 4 rings (SSSR count). The highest BCUT2D eigenvalue weighted by Gasteiger charge is 2.66. The highest BCUT2D eigenvalue weighted by Crippen LogP contribution is 2.54. The zero-order chi connectivity index (χ0) is 25.7. The van der Waals surface area contributed by atoms with Gasteiger partial charge in [0.15, 0.2) is 0 Å². The van der Waals surface area contributed by atoms with Crippen LogP contribution in [0, 0.1) is 18.8 Å². The Morgan fingerprint density at radius 3 is 2.58 bits per heavy atom. The number of nitrogens with zero attached hydrogens (tertiary/aromatic N) is 2. The molecule has 3 aliphatic rings. The van der Waals surface area contributed by atoms with Crippen molar-refractivity contribution in [3.05, 3.63) is 23.4 Å². The molecule has 0 aromatic carbocycles. The summed E-state index contributed by atoms with van der Waals surface area (Å²) < 4.78 is 5.08. The van der Waals surface area contributed by atoms with Gasteiger partial charge in [0.1, 0.15) is 11.4 Å². The highest BCUT2D eigenvalue weighted by atomic mass is 35.5. The molecule has 38 heavy (non-hydrogen) atoms. The number of likely N-dealkylation sites (tertiary alicyclic amines) is 1. The second kappa shape index (κ2) is 14.3. The molecule has 0 unspecified atom stereocenters. The van der Waals surface area contributed by atoms with Gasteiger partial charge in [-0.05, 0) is 63.0 Å². The van der Waals surface area contributed by atoms with Gasteiger partial charge in [0.2, 0.25) is 11.8 Å². The van der Waals surface area contributed by atoms with Gasteiger partial charge in [-0.3, -0.25) is 19.7 Å². The smallest absolute Gasteiger partial charge is 0.319 e. The van der Waals surface area contributed by atoms with E-state index in [0.29, 0.717) is 44.3 Å². The second-order valence-corrected chi connectivity index (χ2v) is 10.6. The quantitative estimate of drug-likeness (QED) is 0.367. The zero-order valence-electron chi connectivity index (χ0n) is 22.5. The van der Waals surface area contributed by atoms with Crippen LogP contribution in [-0.4, -0.2) is 58.9 Å². The number of aryl methyl sites for hydroxylation is 1. The Bertz CT molecular complexity index is 975. The van der Waals surface area contributed by atoms with E-state index in [2.05, 4.69) is 15.6 Å². The molecular weight excluding hydrogens is 529 g/mol. The Hall–Kier alpha value is -2.10. The fourth-order valence-electron chi connectivity index (χ4n) is 6.15. The van der Waals surface area contributed by atoms with Gasteiger partial charge in [-0.15, -0.1) is 24.8 Å². The molecule has 0 radical (unpaired) electrons. The van der Waals surface area contributed by atoms with Gasteiger partial charge in [-0.25, -0.2) is 4.98 Å². The minimum absolute atomic E-state index is 0. The molecule has 4 N–H and O–H groups in total. The maximum atomic E-state index is 14.0. The molecule has 2 aliphatic carbocycles. The number of amides is 2. The number of piperidine rings is 1. The zero-order valence-corrected chi connectivity index (χ0v) is 24.1. The normalized spacial score (nSPS) is 23.2. The molecular formula is C27H43Cl2N5O4. The van der Waals surface area contributed by atoms with Crippen LogP contribution in [0.25, 0.3) is 0 Å². The average molecular weight is 573 g/mol. The molecule has 1 saturated heterocycles. The van der Waals surface area contributed by atoms with Crippen LogP contribution in [-0.2, 0) is 25.7 Å². The van der Waals surface area contributed by atoms with Crippen molar-refractivity contribution in [1.82, 2.24) is 20.5 Å². The summed E-state index contributed by atoms with van der Waals surface area (Å²) >= 11 is 0. The first-order chi connectivity index (χ1) is 17.3. The average Bonchev–Trinajstić information content (AvgIpc) is 3.62. The van der Waals surface area contributed by atoms with Gasteiger partial charge in [0, 0.05) is 18.8 Å². The number of nitrogens with two attached hydrogens (primary N) is 1. The summed E-state index contributed by atoms with van der Waals surface area (Å²) in [6.45, 7) is 4.86. The van der Waals surface area contributed by atoms with Crippen molar-refractivity contribution in [3.63, 3.8) is 0 Å². The number of hydrogen-bond acceptors (Lipinski definition) is 7. The van der Waals surface area contributed by atoms with Gasteiger partial charge in [-0.2, -0.15) is 0 Å². The summed E-state index contributed by atoms with van der Waals surface area (Å²) in [5.41, 5.74) is 6.66. The van der Waals surface area contributed by atoms with Crippen LogP contribution in [0.1, 0.15) is 76.0 Å². The van der Waals surface area contributed by atoms with Crippen LogP contribution in [0.2, 0.25) is 0 Å². The van der Waals surface area contributed by atoms with E-state index in [1.165, 1.54) is 19.3 Å². The number of esters is 1. The Morgan fingerprint density at radius 2 is 1.89 bits per heavy atom. The molecule has 1 aromatic rings. The van der Waals surface area contributed by atoms with E-state index in [1.807, 2.05) is 17.9 Å². The number of halogens is 2. The van der Waals surface area contributed by atoms with Crippen LogP contribution in [0.5, 0.6) is 0 Å². The molecule has 2 saturated carbocycles. The lowest BCUT2D eigenvalue weighted by Gasteiger charge is -2.38. The topological polar surface area (TPSA) is 127 Å². The number of carbonyl (C=O) groups excluding carboxylic acids is 3. The van der Waals surface area contributed by atoms with E-state index in [4.69, 9.17) is 10.5 Å². The number of rotatable bonds is 10. The van der Waals surface area contributed by atoms with E-state index < -0.39 is 11.6 Å². The summed E-state index contributed by atoms with van der Waals surface area (Å²) in [4.78, 5) is 45.7. The third-order valence-corrected chi connectivity index (χ3v) is 8.19. The summed E-state index contributed by atoms with van der Waals surface area (Å²) in [5, 5.41) is 6.27. The first-order valence-electron chi connectivity index (χ1n) is 13.6. The number of aromatic nitrogens is 1. The van der Waals surface area contributed by atoms with Crippen LogP contribution in [0.4, 0.5) is 5.82 Å². The first-order valence-corrected chi connectivity index (χ1v) is 13.6. The number of carbonyl (C=O) groups is 3. The number of ether oxygens (including phenoxy) is 1. The number of nitrogens with one attached hydrogen (secondary N) is 2. The van der Waals surface area contributed by atoms with E-state index in [1.54, 1.807) is 13.0 Å². The van der Waals surface area contributed by atoms with Crippen molar-refractivity contribution < 1.29 is 19.1 Å². The fraction of sp³-hybridized carbons (Fsp3) is 0.704. The fourth-order valence-corrected chi connectivity index (χ4v) is 6.15. The lowest BCUT2D eigenvalue weighted by Crippen LogP contribution is -2.59. The summed E-state index contributed by atoms with van der Waals surface area (Å²) in [6, 6.07) is 3.11. The number of hydrogen-bond donors (Lipinski definition) is 3. The van der Waals surface area contributed by atoms with Gasteiger partial charge >= 0.3 is 5.97 Å². The molecule has 0 spiro atoms. The van der Waals surface area contributed by atoms with Gasteiger partial charge in [0.05, 0.1) is 19.2 Å². The number of nitrogen functional groups attached to an aromatic ring is 1. The van der Waals surface area contributed by atoms with Crippen LogP contribution >= 0.6 is 24.8 Å². The highest BCUT2D eigenvalue weighted by molar-refractivity contribution is 5.96. The third-order valence-electron chi connectivity index (χ3n) is 8.19. The predicted molar refractivity (Wildman–Crippen MR) is 151 cm³/mol. The van der Waals surface area contributed by atoms with Gasteiger partial charge in [0.25, 0.3) is 0 Å². The maximum Gasteiger partial charge on any atom is 0.319 e. The Labute approximate surface area is 238 Å². The number of fused-ring (bicyclic) bond motifs is 1. The van der Waals surface area contributed by atoms with Crippen molar-refractivity contribution in [1.29, 1.82) is 0 Å². The van der Waals surface area contributed by atoms with Gasteiger partial charge in [-0.1, -0.05) is 38.2 Å². The lowest BCUT2D eigenvalue weighted by atomic mass is 9.84. The Balaban J connectivity index is 0.00000253. The molecule has 2 heterocycles. The van der Waals surface area contributed by atoms with Crippen molar-refractivity contribution in [2.45, 2.75) is 89.8 Å². The standard InChI is InChI=1S/C27H41N5O4.2ClH/c1-3-36-24(33)17-29-22(14-19-8-5-4-6-9-19)25(34)32-13-7-10-21-15-27(21,32)26(35)30-16-20-11-12-23(28)31-18(20)2;;/h11-12,19,21-22,29H,3-10,13-17H2,1-2H3,(H2,28,31)(H,30,35);2*1H/t21-,22-,27+;;/m1../s1. The van der Waals surface area contributed by atoms with Crippen molar-refractivity contribution >= 4 is 48.4 Å². The molecule has 2 amide bonds. The molecule has 3 atom stereocenters. The van der Waals surface area contributed by atoms with Crippen molar-refractivity contribution in [3.8, 4) is 0 Å². The van der Waals surface area contributed by atoms with Crippen LogP contribution < -0.4 is 16.4 Å². The molecule has 214 valence electrons. The minimum atomic E-state index is -0.791. The molecule has 11 heteroatoms.